The molecule has 0 bridgehead atoms. The van der Waals surface area contributed by atoms with Crippen LogP contribution >= 0.6 is 15.9 Å². The fourth-order valence-electron chi connectivity index (χ4n) is 1.25. The number of nitrogens with zero attached hydrogens (tertiary/aromatic N) is 2. The zero-order valence-electron chi connectivity index (χ0n) is 9.11. The lowest BCUT2D eigenvalue weighted by molar-refractivity contribution is 0.557. The van der Waals surface area contributed by atoms with Crippen LogP contribution in [0.5, 0.6) is 0 Å². The highest BCUT2D eigenvalue weighted by atomic mass is 79.9. The number of halogens is 1. The van der Waals surface area contributed by atoms with Gasteiger partial charge in [-0.25, -0.2) is 4.21 Å². The number of anilines is 1. The molecule has 5 nitrogen and oxygen atoms in total. The van der Waals surface area contributed by atoms with E-state index < -0.39 is 11.3 Å². The molecule has 1 atom stereocenters. The van der Waals surface area contributed by atoms with Gasteiger partial charge in [0.2, 0.25) is 0 Å². The zero-order chi connectivity index (χ0) is 12.1. The largest absolute Gasteiger partial charge is 0.318 e. The van der Waals surface area contributed by atoms with Crippen LogP contribution in [0.3, 0.4) is 0 Å². The second kappa shape index (κ2) is 6.29. The number of hydrogen-bond acceptors (Lipinski definition) is 3. The van der Waals surface area contributed by atoms with E-state index in [-0.39, 0.29) is 0 Å². The summed E-state index contributed by atoms with van der Waals surface area (Å²) in [7, 11) is 1.80. The summed E-state index contributed by atoms with van der Waals surface area (Å²) < 4.78 is 22.6. The molecular formula is C9H14BrN3O2S. The standard InChI is InChI=1S/C9H14BrN3O2S/c1-7-9(5-8(10)6-12-7)13(16(14)15)4-3-11-2/h5-6,11H,3-4H2,1-2H3,(H,14,15). The van der Waals surface area contributed by atoms with Crippen molar-refractivity contribution in [2.75, 3.05) is 24.4 Å². The highest BCUT2D eigenvalue weighted by Gasteiger charge is 2.15. The Morgan fingerprint density at radius 2 is 2.38 bits per heavy atom. The van der Waals surface area contributed by atoms with Gasteiger partial charge in [0.05, 0.1) is 11.4 Å². The van der Waals surface area contributed by atoms with Crippen molar-refractivity contribution in [2.45, 2.75) is 6.92 Å². The number of rotatable bonds is 5. The lowest BCUT2D eigenvalue weighted by atomic mass is 10.3. The van der Waals surface area contributed by atoms with E-state index in [2.05, 4.69) is 26.2 Å². The normalized spacial score (nSPS) is 12.5. The van der Waals surface area contributed by atoms with Crippen molar-refractivity contribution in [3.8, 4) is 0 Å². The molecule has 0 radical (unpaired) electrons. The Bertz CT molecular complexity index is 389. The summed E-state index contributed by atoms with van der Waals surface area (Å²) in [6.07, 6.45) is 1.66. The Kier molecular flexibility index (Phi) is 5.33. The van der Waals surface area contributed by atoms with Crippen molar-refractivity contribution >= 4 is 32.9 Å². The Balaban J connectivity index is 3.00. The number of likely N-dealkylation sites (N-methyl/N-ethyl adjacent to an activating group) is 1. The molecule has 90 valence electrons. The van der Waals surface area contributed by atoms with Gasteiger partial charge in [-0.05, 0) is 36.0 Å². The first-order chi connectivity index (χ1) is 7.56. The minimum Gasteiger partial charge on any atom is -0.318 e. The van der Waals surface area contributed by atoms with E-state index in [1.54, 1.807) is 26.2 Å². The lowest BCUT2D eigenvalue weighted by Gasteiger charge is -2.21. The van der Waals surface area contributed by atoms with Gasteiger partial charge >= 0.3 is 0 Å². The van der Waals surface area contributed by atoms with E-state index in [1.807, 2.05) is 0 Å². The molecule has 1 rings (SSSR count). The summed E-state index contributed by atoms with van der Waals surface area (Å²) in [5, 5.41) is 2.94. The summed E-state index contributed by atoms with van der Waals surface area (Å²) in [5.41, 5.74) is 1.38. The van der Waals surface area contributed by atoms with Crippen molar-refractivity contribution in [1.29, 1.82) is 0 Å². The maximum absolute atomic E-state index is 11.2. The molecule has 7 heteroatoms. The van der Waals surface area contributed by atoms with Crippen LogP contribution in [0.4, 0.5) is 5.69 Å². The van der Waals surface area contributed by atoms with Crippen LogP contribution in [0.2, 0.25) is 0 Å². The first kappa shape index (κ1) is 13.6. The average molecular weight is 308 g/mol. The van der Waals surface area contributed by atoms with Gasteiger partial charge in [-0.2, -0.15) is 0 Å². The van der Waals surface area contributed by atoms with Crippen LogP contribution in [-0.4, -0.2) is 33.9 Å². The molecule has 0 aliphatic rings. The van der Waals surface area contributed by atoms with Crippen LogP contribution in [0.15, 0.2) is 16.7 Å². The Morgan fingerprint density at radius 1 is 1.69 bits per heavy atom. The topological polar surface area (TPSA) is 65.5 Å². The highest BCUT2D eigenvalue weighted by molar-refractivity contribution is 9.10. The number of pyridine rings is 1. The number of hydrogen-bond donors (Lipinski definition) is 2. The molecular weight excluding hydrogens is 294 g/mol. The third-order valence-electron chi connectivity index (χ3n) is 2.05. The molecule has 0 spiro atoms. The van der Waals surface area contributed by atoms with E-state index in [4.69, 9.17) is 0 Å². The zero-order valence-corrected chi connectivity index (χ0v) is 11.5. The second-order valence-electron chi connectivity index (χ2n) is 3.19. The van der Waals surface area contributed by atoms with Crippen LogP contribution in [-0.2, 0) is 11.3 Å². The molecule has 1 aromatic heterocycles. The molecule has 16 heavy (non-hydrogen) atoms. The molecule has 1 unspecified atom stereocenters. The summed E-state index contributed by atoms with van der Waals surface area (Å²) >= 11 is 1.25. The Labute approximate surface area is 106 Å². The van der Waals surface area contributed by atoms with Gasteiger partial charge in [0.1, 0.15) is 0 Å². The molecule has 0 saturated heterocycles. The number of nitrogens with one attached hydrogen (secondary N) is 1. The molecule has 0 amide bonds. The number of aromatic nitrogens is 1. The lowest BCUT2D eigenvalue weighted by Crippen LogP contribution is -2.32. The molecule has 0 fully saturated rings. The van der Waals surface area contributed by atoms with Gasteiger partial charge in [0.25, 0.3) is 11.3 Å². The maximum atomic E-state index is 11.2. The third-order valence-corrected chi connectivity index (χ3v) is 3.24. The van der Waals surface area contributed by atoms with Gasteiger partial charge in [-0.15, -0.1) is 0 Å². The number of aryl methyl sites for hydroxylation is 1. The molecule has 0 aliphatic heterocycles. The van der Waals surface area contributed by atoms with Crippen LogP contribution < -0.4 is 9.62 Å². The van der Waals surface area contributed by atoms with Gasteiger partial charge in [-0.1, -0.05) is 0 Å². The summed E-state index contributed by atoms with van der Waals surface area (Å²) in [6, 6.07) is 1.78. The molecule has 0 saturated carbocycles. The highest BCUT2D eigenvalue weighted by Crippen LogP contribution is 2.23. The van der Waals surface area contributed by atoms with Crippen molar-refractivity contribution in [1.82, 2.24) is 10.3 Å². The summed E-state index contributed by atoms with van der Waals surface area (Å²) in [6.45, 7) is 2.87. The van der Waals surface area contributed by atoms with Crippen LogP contribution in [0.1, 0.15) is 5.69 Å². The van der Waals surface area contributed by atoms with Gasteiger partial charge in [-0.3, -0.25) is 13.8 Å². The SMILES string of the molecule is CNCCN(c1cc(Br)cnc1C)S(=O)O. The monoisotopic (exact) mass is 307 g/mol. The predicted octanol–water partition coefficient (Wildman–Crippen LogP) is 1.32. The molecule has 2 N–H and O–H groups in total. The third kappa shape index (κ3) is 3.51. The fourth-order valence-corrected chi connectivity index (χ4v) is 2.17. The predicted molar refractivity (Wildman–Crippen MR) is 68.7 cm³/mol. The Morgan fingerprint density at radius 3 is 2.94 bits per heavy atom. The molecule has 1 heterocycles. The van der Waals surface area contributed by atoms with Crippen molar-refractivity contribution < 1.29 is 8.76 Å². The van der Waals surface area contributed by atoms with Crippen molar-refractivity contribution in [3.05, 3.63) is 22.4 Å². The van der Waals surface area contributed by atoms with Crippen LogP contribution in [0.25, 0.3) is 0 Å². The molecule has 0 aliphatic carbocycles. The van der Waals surface area contributed by atoms with Gasteiger partial charge in [0.15, 0.2) is 0 Å². The minimum absolute atomic E-state index is 0.443. The van der Waals surface area contributed by atoms with E-state index >= 15 is 0 Å². The second-order valence-corrected chi connectivity index (χ2v) is 5.01. The minimum atomic E-state index is -2.04. The molecule has 0 aromatic carbocycles. The van der Waals surface area contributed by atoms with E-state index in [1.165, 1.54) is 4.31 Å². The van der Waals surface area contributed by atoms with Crippen LogP contribution in [0, 0.1) is 6.92 Å². The van der Waals surface area contributed by atoms with Gasteiger partial charge in [0, 0.05) is 23.8 Å². The Hall–Kier alpha value is -0.500. The van der Waals surface area contributed by atoms with Crippen molar-refractivity contribution in [3.63, 3.8) is 0 Å². The quantitative estimate of drug-likeness (QED) is 0.805. The van der Waals surface area contributed by atoms with E-state index in [0.29, 0.717) is 18.8 Å². The van der Waals surface area contributed by atoms with E-state index in [0.717, 1.165) is 10.2 Å². The smallest absolute Gasteiger partial charge is 0.261 e. The fraction of sp³-hybridized carbons (Fsp3) is 0.444. The average Bonchev–Trinajstić information content (AvgIpc) is 2.23. The van der Waals surface area contributed by atoms with Crippen molar-refractivity contribution in [2.24, 2.45) is 0 Å². The first-order valence-electron chi connectivity index (χ1n) is 4.71. The summed E-state index contributed by atoms with van der Waals surface area (Å²) in [4.78, 5) is 4.14. The van der Waals surface area contributed by atoms with E-state index in [9.17, 15) is 8.76 Å². The molecule has 1 aromatic rings. The summed E-state index contributed by atoms with van der Waals surface area (Å²) in [5.74, 6) is 0. The maximum Gasteiger partial charge on any atom is 0.261 e. The van der Waals surface area contributed by atoms with Gasteiger partial charge < -0.3 is 5.32 Å². The first-order valence-corrected chi connectivity index (χ1v) is 6.57.